The summed E-state index contributed by atoms with van der Waals surface area (Å²) in [4.78, 5) is 11.6. The Balaban J connectivity index is 2.12. The van der Waals surface area contributed by atoms with Crippen molar-refractivity contribution in [2.75, 3.05) is 6.61 Å². The lowest BCUT2D eigenvalue weighted by Gasteiger charge is -2.23. The Morgan fingerprint density at radius 2 is 1.64 bits per heavy atom. The first-order chi connectivity index (χ1) is 10.6. The van der Waals surface area contributed by atoms with E-state index in [1.807, 2.05) is 30.3 Å². The van der Waals surface area contributed by atoms with E-state index in [0.717, 1.165) is 11.3 Å². The number of esters is 1. The van der Waals surface area contributed by atoms with Crippen LogP contribution in [0.5, 0.6) is 5.75 Å². The first-order valence-electron chi connectivity index (χ1n) is 7.60. The summed E-state index contributed by atoms with van der Waals surface area (Å²) in [5.74, 6) is 0.778. The lowest BCUT2D eigenvalue weighted by atomic mass is 9.99. The number of carbonyl (C=O) groups is 1. The van der Waals surface area contributed by atoms with E-state index in [1.165, 1.54) is 0 Å². The van der Waals surface area contributed by atoms with Crippen LogP contribution in [0, 0.1) is 5.92 Å². The van der Waals surface area contributed by atoms with Gasteiger partial charge in [-0.15, -0.1) is 0 Å². The van der Waals surface area contributed by atoms with Gasteiger partial charge >= 0.3 is 5.97 Å². The number of carbonyl (C=O) groups excluding carboxylic acids is 1. The van der Waals surface area contributed by atoms with E-state index in [2.05, 4.69) is 26.0 Å². The Morgan fingerprint density at radius 1 is 1.00 bits per heavy atom. The van der Waals surface area contributed by atoms with Crippen LogP contribution in [0.1, 0.15) is 42.8 Å². The number of hydrogen-bond acceptors (Lipinski definition) is 3. The minimum Gasteiger partial charge on any atom is -0.485 e. The van der Waals surface area contributed by atoms with E-state index in [1.54, 1.807) is 19.1 Å². The highest BCUT2D eigenvalue weighted by Crippen LogP contribution is 2.28. The monoisotopic (exact) mass is 298 g/mol. The molecule has 0 amide bonds. The van der Waals surface area contributed by atoms with Gasteiger partial charge in [0.1, 0.15) is 11.9 Å². The largest absolute Gasteiger partial charge is 0.485 e. The van der Waals surface area contributed by atoms with Crippen LogP contribution in [0.15, 0.2) is 54.6 Å². The normalized spacial score (nSPS) is 12.0. The first kappa shape index (κ1) is 16.1. The molecule has 0 aliphatic heterocycles. The summed E-state index contributed by atoms with van der Waals surface area (Å²) < 4.78 is 11.1. The molecule has 0 aliphatic carbocycles. The van der Waals surface area contributed by atoms with Crippen molar-refractivity contribution in [3.63, 3.8) is 0 Å². The molecule has 0 aliphatic rings. The van der Waals surface area contributed by atoms with Crippen LogP contribution in [0.25, 0.3) is 0 Å². The number of hydrogen-bond donors (Lipinski definition) is 0. The molecular formula is C19H22O3. The average Bonchev–Trinajstić information content (AvgIpc) is 2.54. The Bertz CT molecular complexity index is 588. The van der Waals surface area contributed by atoms with Gasteiger partial charge in [0.15, 0.2) is 0 Å². The first-order valence-corrected chi connectivity index (χ1v) is 7.60. The molecule has 2 rings (SSSR count). The Labute approximate surface area is 131 Å². The predicted octanol–water partition coefficient (Wildman–Crippen LogP) is 4.64. The van der Waals surface area contributed by atoms with Crippen molar-refractivity contribution in [2.45, 2.75) is 26.9 Å². The maximum absolute atomic E-state index is 11.6. The van der Waals surface area contributed by atoms with E-state index in [-0.39, 0.29) is 12.1 Å². The summed E-state index contributed by atoms with van der Waals surface area (Å²) in [6.45, 7) is 6.43. The zero-order valence-electron chi connectivity index (χ0n) is 13.3. The fraction of sp³-hybridized carbons (Fsp3) is 0.316. The molecule has 0 spiro atoms. The molecule has 0 radical (unpaired) electrons. The third kappa shape index (κ3) is 4.10. The topological polar surface area (TPSA) is 35.5 Å². The van der Waals surface area contributed by atoms with Crippen LogP contribution in [-0.2, 0) is 4.74 Å². The van der Waals surface area contributed by atoms with Crippen molar-refractivity contribution >= 4 is 5.97 Å². The minimum absolute atomic E-state index is 0.0188. The molecular weight excluding hydrogens is 276 g/mol. The molecule has 0 bridgehead atoms. The van der Waals surface area contributed by atoms with Gasteiger partial charge in [-0.1, -0.05) is 44.2 Å². The summed E-state index contributed by atoms with van der Waals surface area (Å²) in [6, 6.07) is 17.2. The number of ether oxygens (including phenoxy) is 2. The molecule has 22 heavy (non-hydrogen) atoms. The maximum Gasteiger partial charge on any atom is 0.338 e. The van der Waals surface area contributed by atoms with Crippen LogP contribution < -0.4 is 4.74 Å². The minimum atomic E-state index is -0.308. The van der Waals surface area contributed by atoms with Crippen molar-refractivity contribution in [2.24, 2.45) is 5.92 Å². The molecule has 2 aromatic rings. The predicted molar refractivity (Wildman–Crippen MR) is 87.0 cm³/mol. The fourth-order valence-corrected chi connectivity index (χ4v) is 2.26. The standard InChI is InChI=1S/C19H22O3/c1-4-21-19(20)16-10-12-17(13-11-16)22-18(14(2)3)15-8-6-5-7-9-15/h5-14,18H,4H2,1-3H3. The summed E-state index contributed by atoms with van der Waals surface area (Å²) in [7, 11) is 0. The van der Waals surface area contributed by atoms with Gasteiger partial charge in [0.2, 0.25) is 0 Å². The molecule has 2 aromatic carbocycles. The number of benzene rings is 2. The van der Waals surface area contributed by atoms with E-state index >= 15 is 0 Å². The molecule has 0 saturated carbocycles. The summed E-state index contributed by atoms with van der Waals surface area (Å²) in [5.41, 5.74) is 1.68. The summed E-state index contributed by atoms with van der Waals surface area (Å²) in [5, 5.41) is 0. The zero-order chi connectivity index (χ0) is 15.9. The van der Waals surface area contributed by atoms with E-state index in [4.69, 9.17) is 9.47 Å². The van der Waals surface area contributed by atoms with E-state index < -0.39 is 0 Å². The highest BCUT2D eigenvalue weighted by molar-refractivity contribution is 5.89. The van der Waals surface area contributed by atoms with Gasteiger partial charge in [-0.3, -0.25) is 0 Å². The van der Waals surface area contributed by atoms with Crippen LogP contribution in [0.3, 0.4) is 0 Å². The zero-order valence-corrected chi connectivity index (χ0v) is 13.3. The second-order valence-electron chi connectivity index (χ2n) is 5.44. The van der Waals surface area contributed by atoms with Crippen molar-refractivity contribution in [1.29, 1.82) is 0 Å². The van der Waals surface area contributed by atoms with Crippen molar-refractivity contribution in [1.82, 2.24) is 0 Å². The lowest BCUT2D eigenvalue weighted by molar-refractivity contribution is 0.0526. The maximum atomic E-state index is 11.6. The van der Waals surface area contributed by atoms with Gasteiger partial charge in [-0.25, -0.2) is 4.79 Å². The van der Waals surface area contributed by atoms with E-state index in [9.17, 15) is 4.79 Å². The van der Waals surface area contributed by atoms with Crippen molar-refractivity contribution in [3.8, 4) is 5.75 Å². The molecule has 3 nitrogen and oxygen atoms in total. The van der Waals surface area contributed by atoms with E-state index in [0.29, 0.717) is 18.1 Å². The third-order valence-corrected chi connectivity index (χ3v) is 3.36. The second kappa shape index (κ2) is 7.64. The van der Waals surface area contributed by atoms with Crippen molar-refractivity contribution < 1.29 is 14.3 Å². The van der Waals surface area contributed by atoms with Gasteiger partial charge < -0.3 is 9.47 Å². The molecule has 1 unspecified atom stereocenters. The quantitative estimate of drug-likeness (QED) is 0.729. The van der Waals surface area contributed by atoms with Gasteiger partial charge in [0.05, 0.1) is 12.2 Å². The Kier molecular flexibility index (Phi) is 5.59. The highest BCUT2D eigenvalue weighted by atomic mass is 16.5. The molecule has 3 heteroatoms. The van der Waals surface area contributed by atoms with Crippen molar-refractivity contribution in [3.05, 3.63) is 65.7 Å². The van der Waals surface area contributed by atoms with Gasteiger partial charge in [0.25, 0.3) is 0 Å². The van der Waals surface area contributed by atoms with Crippen LogP contribution in [-0.4, -0.2) is 12.6 Å². The smallest absolute Gasteiger partial charge is 0.338 e. The van der Waals surface area contributed by atoms with Crippen LogP contribution in [0.4, 0.5) is 0 Å². The molecule has 0 heterocycles. The van der Waals surface area contributed by atoms with Gasteiger partial charge in [-0.2, -0.15) is 0 Å². The number of rotatable bonds is 6. The van der Waals surface area contributed by atoms with Crippen LogP contribution >= 0.6 is 0 Å². The third-order valence-electron chi connectivity index (χ3n) is 3.36. The SMILES string of the molecule is CCOC(=O)c1ccc(OC(c2ccccc2)C(C)C)cc1. The summed E-state index contributed by atoms with van der Waals surface area (Å²) in [6.07, 6.45) is -0.0188. The Hall–Kier alpha value is -2.29. The summed E-state index contributed by atoms with van der Waals surface area (Å²) >= 11 is 0. The second-order valence-corrected chi connectivity index (χ2v) is 5.44. The van der Waals surface area contributed by atoms with Gasteiger partial charge in [0, 0.05) is 0 Å². The lowest BCUT2D eigenvalue weighted by Crippen LogP contribution is -2.14. The van der Waals surface area contributed by atoms with Crippen LogP contribution in [0.2, 0.25) is 0 Å². The molecule has 116 valence electrons. The molecule has 0 aromatic heterocycles. The highest BCUT2D eigenvalue weighted by Gasteiger charge is 2.17. The fourth-order valence-electron chi connectivity index (χ4n) is 2.26. The molecule has 1 atom stereocenters. The molecule has 0 N–H and O–H groups in total. The Morgan fingerprint density at radius 3 is 2.18 bits per heavy atom. The molecule has 0 fully saturated rings. The van der Waals surface area contributed by atoms with Gasteiger partial charge in [-0.05, 0) is 42.7 Å². The molecule has 0 saturated heterocycles. The average molecular weight is 298 g/mol.